The van der Waals surface area contributed by atoms with E-state index in [1.165, 1.54) is 23.3 Å². The van der Waals surface area contributed by atoms with E-state index in [0.29, 0.717) is 12.3 Å². The second-order valence-electron chi connectivity index (χ2n) is 3.73. The molecule has 18 heavy (non-hydrogen) atoms. The zero-order valence-corrected chi connectivity index (χ0v) is 12.0. The van der Waals surface area contributed by atoms with Gasteiger partial charge in [-0.3, -0.25) is 0 Å². The average Bonchev–Trinajstić information content (AvgIpc) is 2.76. The first-order valence-electron chi connectivity index (χ1n) is 5.70. The van der Waals surface area contributed by atoms with Crippen molar-refractivity contribution in [3.05, 3.63) is 24.0 Å². The van der Waals surface area contributed by atoms with Crippen molar-refractivity contribution in [3.63, 3.8) is 0 Å². The summed E-state index contributed by atoms with van der Waals surface area (Å²) in [4.78, 5) is 5.27. The maximum Gasteiger partial charge on any atom is 0.174 e. The number of rotatable bonds is 5. The molecule has 0 bridgehead atoms. The van der Waals surface area contributed by atoms with Crippen molar-refractivity contribution in [2.24, 2.45) is 0 Å². The minimum absolute atomic E-state index is 0.670. The molecular weight excluding hydrogens is 266 g/mol. The lowest BCUT2D eigenvalue weighted by atomic mass is 10.3. The van der Waals surface area contributed by atoms with Crippen molar-refractivity contribution in [3.8, 4) is 5.75 Å². The molecule has 1 aromatic carbocycles. The predicted molar refractivity (Wildman–Crippen MR) is 75.4 cm³/mol. The first-order valence-corrected chi connectivity index (χ1v) is 7.29. The maximum absolute atomic E-state index is 6.09. The molecule has 96 valence electrons. The third-order valence-corrected chi connectivity index (χ3v) is 4.11. The van der Waals surface area contributed by atoms with Crippen LogP contribution in [0.4, 0.5) is 5.69 Å². The number of anilines is 1. The van der Waals surface area contributed by atoms with Gasteiger partial charge in [0.15, 0.2) is 4.34 Å². The number of hydrogen-bond acceptors (Lipinski definition) is 6. The van der Waals surface area contributed by atoms with E-state index < -0.39 is 0 Å². The van der Waals surface area contributed by atoms with Crippen LogP contribution in [-0.4, -0.2) is 16.0 Å². The van der Waals surface area contributed by atoms with Gasteiger partial charge < -0.3 is 10.5 Å². The van der Waals surface area contributed by atoms with Gasteiger partial charge in [-0.2, -0.15) is 4.37 Å². The summed E-state index contributed by atoms with van der Waals surface area (Å²) in [6.45, 7) is 4.62. The Balaban J connectivity index is 2.17. The lowest BCUT2D eigenvalue weighted by molar-refractivity contribution is 0.318. The van der Waals surface area contributed by atoms with Crippen molar-refractivity contribution in [1.29, 1.82) is 0 Å². The molecule has 0 radical (unpaired) electrons. The van der Waals surface area contributed by atoms with Gasteiger partial charge in [0, 0.05) is 4.90 Å². The summed E-state index contributed by atoms with van der Waals surface area (Å²) < 4.78 is 10.6. The molecule has 4 nitrogen and oxygen atoms in total. The minimum atomic E-state index is 0.670. The highest BCUT2D eigenvalue weighted by Crippen LogP contribution is 2.37. The van der Waals surface area contributed by atoms with E-state index in [2.05, 4.69) is 16.3 Å². The molecule has 0 spiro atoms. The molecule has 0 fully saturated rings. The molecule has 0 aliphatic rings. The third-order valence-electron chi connectivity index (χ3n) is 2.19. The summed E-state index contributed by atoms with van der Waals surface area (Å²) in [6.07, 6.45) is 0.965. The van der Waals surface area contributed by atoms with Gasteiger partial charge in [0.25, 0.3) is 0 Å². The molecule has 1 heterocycles. The van der Waals surface area contributed by atoms with Crippen molar-refractivity contribution in [2.45, 2.75) is 29.5 Å². The van der Waals surface area contributed by atoms with Crippen LogP contribution in [0.3, 0.4) is 0 Å². The van der Waals surface area contributed by atoms with Crippen molar-refractivity contribution in [1.82, 2.24) is 9.36 Å². The van der Waals surface area contributed by atoms with Crippen LogP contribution in [0.5, 0.6) is 5.75 Å². The van der Waals surface area contributed by atoms with E-state index in [9.17, 15) is 0 Å². The van der Waals surface area contributed by atoms with Gasteiger partial charge in [-0.25, -0.2) is 4.98 Å². The van der Waals surface area contributed by atoms with Gasteiger partial charge in [-0.1, -0.05) is 24.8 Å². The van der Waals surface area contributed by atoms with Gasteiger partial charge in [0.1, 0.15) is 11.6 Å². The fourth-order valence-electron chi connectivity index (χ4n) is 1.36. The van der Waals surface area contributed by atoms with E-state index >= 15 is 0 Å². The highest BCUT2D eigenvalue weighted by Gasteiger charge is 2.09. The number of nitrogens with two attached hydrogens (primary N) is 1. The Labute approximate surface area is 115 Å². The number of aromatic nitrogens is 2. The molecule has 2 rings (SSSR count). The van der Waals surface area contributed by atoms with Crippen molar-refractivity contribution >= 4 is 29.0 Å². The number of nitrogen functional groups attached to an aromatic ring is 1. The number of aryl methyl sites for hydroxylation is 1. The Morgan fingerprint density at radius 2 is 2.28 bits per heavy atom. The number of hydrogen-bond donors (Lipinski definition) is 1. The highest BCUT2D eigenvalue weighted by molar-refractivity contribution is 8.01. The Morgan fingerprint density at radius 1 is 1.44 bits per heavy atom. The first kappa shape index (κ1) is 13.2. The second kappa shape index (κ2) is 6.06. The van der Waals surface area contributed by atoms with Crippen LogP contribution in [0, 0.1) is 6.92 Å². The molecule has 0 aliphatic carbocycles. The smallest absolute Gasteiger partial charge is 0.174 e. The van der Waals surface area contributed by atoms with Crippen LogP contribution >= 0.6 is 23.3 Å². The summed E-state index contributed by atoms with van der Waals surface area (Å²) in [5.74, 6) is 1.53. The predicted octanol–water partition coefficient (Wildman–Crippen LogP) is 3.37. The lowest BCUT2D eigenvalue weighted by Gasteiger charge is -2.10. The number of para-hydroxylation sites is 1. The van der Waals surface area contributed by atoms with Gasteiger partial charge in [-0.05, 0) is 37.0 Å². The fourth-order valence-corrected chi connectivity index (χ4v) is 3.04. The van der Waals surface area contributed by atoms with Crippen LogP contribution in [0.15, 0.2) is 27.4 Å². The Hall–Kier alpha value is -1.27. The molecule has 0 amide bonds. The van der Waals surface area contributed by atoms with Gasteiger partial charge in [0.05, 0.1) is 12.3 Å². The lowest BCUT2D eigenvalue weighted by Crippen LogP contribution is -1.99. The number of benzene rings is 1. The van der Waals surface area contributed by atoms with Gasteiger partial charge in [-0.15, -0.1) is 0 Å². The third kappa shape index (κ3) is 3.14. The standard InChI is InChI=1S/C12H15N3OS2/c1-3-7-16-9-5-4-6-10(11(9)13)17-12-14-8(2)15-18-12/h4-6H,3,7,13H2,1-2H3. The zero-order valence-electron chi connectivity index (χ0n) is 10.3. The number of nitrogens with zero attached hydrogens (tertiary/aromatic N) is 2. The molecular formula is C12H15N3OS2. The largest absolute Gasteiger partial charge is 0.491 e. The molecule has 2 N–H and O–H groups in total. The van der Waals surface area contributed by atoms with E-state index in [-0.39, 0.29) is 0 Å². The minimum Gasteiger partial charge on any atom is -0.491 e. The Kier molecular flexibility index (Phi) is 4.43. The molecule has 0 saturated heterocycles. The molecule has 6 heteroatoms. The first-order chi connectivity index (χ1) is 8.70. The van der Waals surface area contributed by atoms with E-state index in [1.54, 1.807) is 0 Å². The average molecular weight is 281 g/mol. The molecule has 2 aromatic rings. The number of ether oxygens (including phenoxy) is 1. The molecule has 0 aliphatic heterocycles. The molecule has 0 unspecified atom stereocenters. The van der Waals surface area contributed by atoms with Crippen LogP contribution in [0.25, 0.3) is 0 Å². The fraction of sp³-hybridized carbons (Fsp3) is 0.333. The molecule has 0 saturated carbocycles. The Morgan fingerprint density at radius 3 is 2.94 bits per heavy atom. The highest BCUT2D eigenvalue weighted by atomic mass is 32.2. The van der Waals surface area contributed by atoms with E-state index in [1.807, 2.05) is 25.1 Å². The van der Waals surface area contributed by atoms with Crippen LogP contribution in [-0.2, 0) is 0 Å². The van der Waals surface area contributed by atoms with Gasteiger partial charge >= 0.3 is 0 Å². The van der Waals surface area contributed by atoms with E-state index in [0.717, 1.165) is 27.2 Å². The summed E-state index contributed by atoms with van der Waals surface area (Å²) in [5, 5.41) is 0. The maximum atomic E-state index is 6.09. The quantitative estimate of drug-likeness (QED) is 0.851. The normalized spacial score (nSPS) is 10.6. The topological polar surface area (TPSA) is 61.0 Å². The van der Waals surface area contributed by atoms with Crippen molar-refractivity contribution in [2.75, 3.05) is 12.3 Å². The summed E-state index contributed by atoms with van der Waals surface area (Å²) in [6, 6.07) is 5.80. The SMILES string of the molecule is CCCOc1cccc(Sc2nc(C)ns2)c1N. The van der Waals surface area contributed by atoms with Crippen LogP contribution in [0.1, 0.15) is 19.2 Å². The Bertz CT molecular complexity index is 528. The van der Waals surface area contributed by atoms with Crippen LogP contribution < -0.4 is 10.5 Å². The summed E-state index contributed by atoms with van der Waals surface area (Å²) in [5.41, 5.74) is 6.76. The monoisotopic (exact) mass is 281 g/mol. The van der Waals surface area contributed by atoms with E-state index in [4.69, 9.17) is 10.5 Å². The summed E-state index contributed by atoms with van der Waals surface area (Å²) >= 11 is 2.90. The molecule has 0 atom stereocenters. The summed E-state index contributed by atoms with van der Waals surface area (Å²) in [7, 11) is 0. The molecule has 1 aromatic heterocycles. The second-order valence-corrected chi connectivity index (χ2v) is 5.77. The van der Waals surface area contributed by atoms with Gasteiger partial charge in [0.2, 0.25) is 0 Å². The zero-order chi connectivity index (χ0) is 13.0. The van der Waals surface area contributed by atoms with Crippen molar-refractivity contribution < 1.29 is 4.74 Å². The van der Waals surface area contributed by atoms with Crippen LogP contribution in [0.2, 0.25) is 0 Å².